The fraction of sp³-hybridized carbons (Fsp3) is 0.520. The SMILES string of the molecule is c1cc(CN2CCOCCOCCOCCOCCOCC2)cc(-c2ccc3ccc4ccc(-c5cccc(CN6CCOCCOCCOCCOCCOCC6)c5)nc4c3n2)c1. The molecular formula is C50H66N4O10. The molecule has 0 N–H and O–H groups in total. The highest BCUT2D eigenvalue weighted by atomic mass is 16.6. The molecule has 64 heavy (non-hydrogen) atoms. The molecule has 7 rings (SSSR count). The molecule has 0 saturated carbocycles. The van der Waals surface area contributed by atoms with Crippen LogP contribution >= 0.6 is 0 Å². The number of hydrogen-bond donors (Lipinski definition) is 0. The number of fused-ring (bicyclic) bond motifs is 3. The summed E-state index contributed by atoms with van der Waals surface area (Å²) in [5.41, 5.74) is 8.09. The summed E-state index contributed by atoms with van der Waals surface area (Å²) in [7, 11) is 0. The third kappa shape index (κ3) is 16.5. The van der Waals surface area contributed by atoms with Gasteiger partial charge in [-0.1, -0.05) is 60.7 Å². The van der Waals surface area contributed by atoms with E-state index >= 15 is 0 Å². The molecule has 0 spiro atoms. The molecule has 2 fully saturated rings. The Labute approximate surface area is 377 Å². The molecule has 0 atom stereocenters. The van der Waals surface area contributed by atoms with E-state index in [1.807, 2.05) is 0 Å². The average Bonchev–Trinajstić information content (AvgIpc) is 3.32. The van der Waals surface area contributed by atoms with Crippen LogP contribution in [-0.2, 0) is 60.5 Å². The number of hydrogen-bond acceptors (Lipinski definition) is 14. The van der Waals surface area contributed by atoms with Gasteiger partial charge in [-0.3, -0.25) is 9.80 Å². The molecule has 346 valence electrons. The van der Waals surface area contributed by atoms with Crippen molar-refractivity contribution in [1.29, 1.82) is 0 Å². The summed E-state index contributed by atoms with van der Waals surface area (Å²) in [6, 6.07) is 30.1. The summed E-state index contributed by atoms with van der Waals surface area (Å²) in [6.07, 6.45) is 0. The number of ether oxygens (including phenoxy) is 10. The first-order valence-electron chi connectivity index (χ1n) is 22.9. The lowest BCUT2D eigenvalue weighted by Gasteiger charge is -2.23. The molecule has 0 unspecified atom stereocenters. The van der Waals surface area contributed by atoms with Gasteiger partial charge in [0.2, 0.25) is 0 Å². The molecule has 5 aromatic rings. The van der Waals surface area contributed by atoms with Crippen molar-refractivity contribution in [3.05, 3.63) is 96.1 Å². The van der Waals surface area contributed by atoms with Gasteiger partial charge in [0.1, 0.15) is 0 Å². The smallest absolute Gasteiger partial charge is 0.0972 e. The van der Waals surface area contributed by atoms with Crippen molar-refractivity contribution in [2.75, 3.05) is 158 Å². The van der Waals surface area contributed by atoms with E-state index in [1.165, 1.54) is 11.1 Å². The van der Waals surface area contributed by atoms with E-state index in [4.69, 9.17) is 57.3 Å². The number of benzene rings is 3. The second kappa shape index (κ2) is 28.1. The lowest BCUT2D eigenvalue weighted by atomic mass is 10.0. The Morgan fingerprint density at radius 2 is 0.609 bits per heavy atom. The molecule has 0 amide bonds. The van der Waals surface area contributed by atoms with Gasteiger partial charge in [0.05, 0.1) is 155 Å². The Balaban J connectivity index is 1.03. The van der Waals surface area contributed by atoms with Crippen LogP contribution in [0.5, 0.6) is 0 Å². The zero-order chi connectivity index (χ0) is 43.7. The van der Waals surface area contributed by atoms with E-state index in [9.17, 15) is 0 Å². The van der Waals surface area contributed by atoms with Gasteiger partial charge >= 0.3 is 0 Å². The average molecular weight is 883 g/mol. The highest BCUT2D eigenvalue weighted by Gasteiger charge is 2.13. The number of rotatable bonds is 6. The van der Waals surface area contributed by atoms with E-state index in [0.717, 1.165) is 83.6 Å². The van der Waals surface area contributed by atoms with Crippen molar-refractivity contribution in [2.24, 2.45) is 0 Å². The Morgan fingerprint density at radius 3 is 0.922 bits per heavy atom. The van der Waals surface area contributed by atoms with Crippen molar-refractivity contribution >= 4 is 21.8 Å². The third-order valence-corrected chi connectivity index (χ3v) is 11.0. The van der Waals surface area contributed by atoms with E-state index in [1.54, 1.807) is 0 Å². The maximum atomic E-state index is 5.92. The van der Waals surface area contributed by atoms with Crippen LogP contribution in [0.4, 0.5) is 0 Å². The summed E-state index contributed by atoms with van der Waals surface area (Å²) in [5, 5.41) is 2.10. The molecule has 0 aliphatic carbocycles. The second-order valence-corrected chi connectivity index (χ2v) is 15.7. The predicted molar refractivity (Wildman–Crippen MR) is 247 cm³/mol. The minimum absolute atomic E-state index is 0.543. The standard InChI is InChI=1S/C50H66N4O10/c1-3-41(39-53-13-17-55-21-25-59-29-33-63-34-30-60-26-22-56-18-14-53)37-45(5-1)47-11-9-43-7-8-44-10-12-48(52-50(44)49(43)51-47)46-6-2-4-42(38-46)40-54-15-19-57-23-27-61-31-35-64-36-32-62-28-24-58-20-16-54/h1-12,37-38H,13-36,39-40H2. The molecule has 14 heteroatoms. The summed E-state index contributed by atoms with van der Waals surface area (Å²) < 4.78 is 57.3. The highest BCUT2D eigenvalue weighted by Crippen LogP contribution is 2.29. The van der Waals surface area contributed by atoms with Crippen molar-refractivity contribution in [3.63, 3.8) is 0 Å². The molecule has 2 aliphatic heterocycles. The van der Waals surface area contributed by atoms with Crippen LogP contribution in [0.15, 0.2) is 84.9 Å². The molecule has 2 saturated heterocycles. The first-order chi connectivity index (χ1) is 31.8. The van der Waals surface area contributed by atoms with Crippen LogP contribution in [0.2, 0.25) is 0 Å². The van der Waals surface area contributed by atoms with E-state index in [2.05, 4.69) is 94.7 Å². The van der Waals surface area contributed by atoms with Gasteiger partial charge in [-0.05, 0) is 35.4 Å². The van der Waals surface area contributed by atoms with Gasteiger partial charge in [-0.2, -0.15) is 0 Å². The fourth-order valence-corrected chi connectivity index (χ4v) is 7.54. The van der Waals surface area contributed by atoms with Crippen LogP contribution in [0.25, 0.3) is 44.3 Å². The third-order valence-electron chi connectivity index (χ3n) is 11.0. The Kier molecular flexibility index (Phi) is 21.1. The first kappa shape index (κ1) is 47.9. The van der Waals surface area contributed by atoms with Crippen molar-refractivity contribution in [1.82, 2.24) is 19.8 Å². The molecule has 0 bridgehead atoms. The number of nitrogens with zero attached hydrogens (tertiary/aromatic N) is 4. The summed E-state index contributed by atoms with van der Waals surface area (Å²) >= 11 is 0. The molecule has 0 radical (unpaired) electrons. The summed E-state index contributed by atoms with van der Waals surface area (Å²) in [6.45, 7) is 15.8. The molecule has 2 aliphatic rings. The molecule has 2 aromatic heterocycles. The quantitative estimate of drug-likeness (QED) is 0.188. The van der Waals surface area contributed by atoms with E-state index < -0.39 is 0 Å². The maximum Gasteiger partial charge on any atom is 0.0972 e. The summed E-state index contributed by atoms with van der Waals surface area (Å²) in [4.78, 5) is 15.3. The Hall–Kier alpha value is -4.00. The van der Waals surface area contributed by atoms with Gasteiger partial charge in [0.15, 0.2) is 0 Å². The highest BCUT2D eigenvalue weighted by molar-refractivity contribution is 6.04. The van der Waals surface area contributed by atoms with Crippen LogP contribution in [0, 0.1) is 0 Å². The van der Waals surface area contributed by atoms with Crippen LogP contribution < -0.4 is 0 Å². The molecule has 3 aromatic carbocycles. The monoisotopic (exact) mass is 882 g/mol. The van der Waals surface area contributed by atoms with Crippen molar-refractivity contribution in [2.45, 2.75) is 13.1 Å². The van der Waals surface area contributed by atoms with Crippen molar-refractivity contribution in [3.8, 4) is 22.5 Å². The number of pyridine rings is 2. The summed E-state index contributed by atoms with van der Waals surface area (Å²) in [5.74, 6) is 0. The zero-order valence-electron chi connectivity index (χ0n) is 37.3. The Bertz CT molecular complexity index is 1910. The second-order valence-electron chi connectivity index (χ2n) is 15.7. The lowest BCUT2D eigenvalue weighted by molar-refractivity contribution is -0.0189. The number of aromatic nitrogens is 2. The van der Waals surface area contributed by atoms with Gasteiger partial charge in [0.25, 0.3) is 0 Å². The molecule has 4 heterocycles. The largest absolute Gasteiger partial charge is 0.378 e. The van der Waals surface area contributed by atoms with Gasteiger partial charge in [-0.15, -0.1) is 0 Å². The zero-order valence-corrected chi connectivity index (χ0v) is 37.3. The molecular weight excluding hydrogens is 817 g/mol. The topological polar surface area (TPSA) is 125 Å². The normalized spacial score (nSPS) is 19.6. The van der Waals surface area contributed by atoms with Crippen molar-refractivity contribution < 1.29 is 47.4 Å². The molecule has 14 nitrogen and oxygen atoms in total. The maximum absolute atomic E-state index is 5.92. The van der Waals surface area contributed by atoms with E-state index in [-0.39, 0.29) is 0 Å². The predicted octanol–water partition coefficient (Wildman–Crippen LogP) is 5.91. The first-order valence-corrected chi connectivity index (χ1v) is 22.9. The lowest BCUT2D eigenvalue weighted by Crippen LogP contribution is -2.31. The van der Waals surface area contributed by atoms with Crippen LogP contribution in [0.3, 0.4) is 0 Å². The fourth-order valence-electron chi connectivity index (χ4n) is 7.54. The van der Waals surface area contributed by atoms with Crippen LogP contribution in [0.1, 0.15) is 11.1 Å². The Morgan fingerprint density at radius 1 is 0.328 bits per heavy atom. The van der Waals surface area contributed by atoms with Gasteiger partial charge < -0.3 is 47.4 Å². The van der Waals surface area contributed by atoms with Crippen LogP contribution in [-0.4, -0.2) is 178 Å². The van der Waals surface area contributed by atoms with E-state index in [0.29, 0.717) is 132 Å². The van der Waals surface area contributed by atoms with Gasteiger partial charge in [0, 0.05) is 61.2 Å². The minimum atomic E-state index is 0.543. The minimum Gasteiger partial charge on any atom is -0.378 e. The van der Waals surface area contributed by atoms with Gasteiger partial charge in [-0.25, -0.2) is 9.97 Å².